The van der Waals surface area contributed by atoms with Crippen LogP contribution in [0.25, 0.3) is 10.9 Å². The van der Waals surface area contributed by atoms with Crippen LogP contribution in [0, 0.1) is 12.8 Å². The fraction of sp³-hybridized carbons (Fsp3) is 0.381. The number of aromatic nitrogens is 3. The van der Waals surface area contributed by atoms with Gasteiger partial charge in [0.15, 0.2) is 0 Å². The lowest BCUT2D eigenvalue weighted by atomic mass is 9.93. The zero-order valence-corrected chi connectivity index (χ0v) is 15.5. The van der Waals surface area contributed by atoms with Crippen LogP contribution < -0.4 is 5.32 Å². The number of nitrogens with zero attached hydrogens (tertiary/aromatic N) is 3. The number of para-hydroxylation sites is 1. The summed E-state index contributed by atoms with van der Waals surface area (Å²) in [6.07, 6.45) is 4.90. The Bertz CT molecular complexity index is 931. The molecule has 4 rings (SSSR count). The highest BCUT2D eigenvalue weighted by Crippen LogP contribution is 2.24. The number of aryl methyl sites for hydroxylation is 2. The summed E-state index contributed by atoms with van der Waals surface area (Å²) in [5, 5.41) is 8.56. The van der Waals surface area contributed by atoms with Crippen molar-refractivity contribution >= 4 is 16.8 Å². The first kappa shape index (κ1) is 17.7. The molecule has 6 nitrogen and oxygen atoms in total. The standard InChI is InChI=1S/C21H24N4O2/c1-15-6-10-23-25(15)11-8-21(26)24-20-14-27-13-17(20)12-16-7-9-22-19-5-3-2-4-18(16)19/h2-7,9-10,17,20H,8,11-14H2,1H3,(H,24,26)/t17-,20-/m1/s1. The van der Waals surface area contributed by atoms with E-state index in [4.69, 9.17) is 4.74 Å². The number of hydrogen-bond acceptors (Lipinski definition) is 4. The van der Waals surface area contributed by atoms with E-state index in [0.717, 1.165) is 17.6 Å². The van der Waals surface area contributed by atoms with Crippen LogP contribution >= 0.6 is 0 Å². The van der Waals surface area contributed by atoms with Gasteiger partial charge in [0.1, 0.15) is 0 Å². The van der Waals surface area contributed by atoms with Gasteiger partial charge in [0, 0.05) is 42.4 Å². The zero-order valence-electron chi connectivity index (χ0n) is 15.5. The number of rotatable bonds is 6. The van der Waals surface area contributed by atoms with Gasteiger partial charge in [0.25, 0.3) is 0 Å². The summed E-state index contributed by atoms with van der Waals surface area (Å²) >= 11 is 0. The number of benzene rings is 1. The highest BCUT2D eigenvalue weighted by molar-refractivity contribution is 5.82. The van der Waals surface area contributed by atoms with E-state index >= 15 is 0 Å². The number of hydrogen-bond donors (Lipinski definition) is 1. The first-order chi connectivity index (χ1) is 13.2. The number of pyridine rings is 1. The topological polar surface area (TPSA) is 69.0 Å². The molecule has 0 unspecified atom stereocenters. The van der Waals surface area contributed by atoms with Crippen molar-refractivity contribution in [3.63, 3.8) is 0 Å². The second-order valence-corrected chi connectivity index (χ2v) is 7.11. The van der Waals surface area contributed by atoms with Gasteiger partial charge in [0.2, 0.25) is 5.91 Å². The van der Waals surface area contributed by atoms with Crippen molar-refractivity contribution in [2.75, 3.05) is 13.2 Å². The smallest absolute Gasteiger partial charge is 0.222 e. The van der Waals surface area contributed by atoms with Gasteiger partial charge in [0.05, 0.1) is 24.8 Å². The number of amides is 1. The average Bonchev–Trinajstić information content (AvgIpc) is 3.29. The second kappa shape index (κ2) is 7.88. The first-order valence-electron chi connectivity index (χ1n) is 9.39. The third-order valence-electron chi connectivity index (χ3n) is 5.25. The number of fused-ring (bicyclic) bond motifs is 1. The van der Waals surface area contributed by atoms with E-state index in [0.29, 0.717) is 26.2 Å². The molecule has 1 amide bonds. The van der Waals surface area contributed by atoms with Crippen molar-refractivity contribution < 1.29 is 9.53 Å². The van der Waals surface area contributed by atoms with E-state index in [9.17, 15) is 4.79 Å². The van der Waals surface area contributed by atoms with Gasteiger partial charge in [-0.3, -0.25) is 14.5 Å². The van der Waals surface area contributed by atoms with Crippen LogP contribution in [-0.4, -0.2) is 39.9 Å². The highest BCUT2D eigenvalue weighted by Gasteiger charge is 2.30. The minimum atomic E-state index is 0.0446. The monoisotopic (exact) mass is 364 g/mol. The fourth-order valence-corrected chi connectivity index (χ4v) is 3.69. The minimum absolute atomic E-state index is 0.0446. The van der Waals surface area contributed by atoms with E-state index < -0.39 is 0 Å². The molecule has 1 N–H and O–H groups in total. The second-order valence-electron chi connectivity index (χ2n) is 7.11. The molecule has 1 aliphatic rings. The summed E-state index contributed by atoms with van der Waals surface area (Å²) in [7, 11) is 0. The number of ether oxygens (including phenoxy) is 1. The minimum Gasteiger partial charge on any atom is -0.379 e. The van der Waals surface area contributed by atoms with Gasteiger partial charge in [-0.15, -0.1) is 0 Å². The molecule has 27 heavy (non-hydrogen) atoms. The third-order valence-corrected chi connectivity index (χ3v) is 5.25. The van der Waals surface area contributed by atoms with E-state index in [1.54, 1.807) is 6.20 Å². The van der Waals surface area contributed by atoms with Gasteiger partial charge < -0.3 is 10.1 Å². The third kappa shape index (κ3) is 4.01. The number of carbonyl (C=O) groups is 1. The van der Waals surface area contributed by atoms with Crippen molar-refractivity contribution in [3.8, 4) is 0 Å². The van der Waals surface area contributed by atoms with E-state index in [1.165, 1.54) is 10.9 Å². The molecule has 140 valence electrons. The molecular weight excluding hydrogens is 340 g/mol. The number of nitrogens with one attached hydrogen (secondary N) is 1. The molecule has 2 aromatic heterocycles. The van der Waals surface area contributed by atoms with Crippen molar-refractivity contribution in [2.24, 2.45) is 5.92 Å². The van der Waals surface area contributed by atoms with Gasteiger partial charge in [-0.1, -0.05) is 18.2 Å². The van der Waals surface area contributed by atoms with Crippen LogP contribution in [-0.2, 0) is 22.5 Å². The molecule has 3 aromatic rings. The Kier molecular flexibility index (Phi) is 5.16. The molecule has 0 aliphatic carbocycles. The summed E-state index contributed by atoms with van der Waals surface area (Å²) < 4.78 is 7.53. The molecule has 1 saturated heterocycles. The fourth-order valence-electron chi connectivity index (χ4n) is 3.69. The van der Waals surface area contributed by atoms with Gasteiger partial charge >= 0.3 is 0 Å². The Hall–Kier alpha value is -2.73. The van der Waals surface area contributed by atoms with Crippen LogP contribution in [0.5, 0.6) is 0 Å². The lowest BCUT2D eigenvalue weighted by Gasteiger charge is -2.20. The molecule has 0 radical (unpaired) electrons. The van der Waals surface area contributed by atoms with Gasteiger partial charge in [-0.25, -0.2) is 0 Å². The Morgan fingerprint density at radius 3 is 2.96 bits per heavy atom. The molecule has 1 aromatic carbocycles. The summed E-state index contributed by atoms with van der Waals surface area (Å²) in [5.74, 6) is 0.316. The van der Waals surface area contributed by atoms with Crippen molar-refractivity contribution in [1.82, 2.24) is 20.1 Å². The summed E-state index contributed by atoms with van der Waals surface area (Å²) in [6, 6.07) is 12.2. The summed E-state index contributed by atoms with van der Waals surface area (Å²) in [5.41, 5.74) is 3.32. The number of carbonyl (C=O) groups excluding carboxylic acids is 1. The van der Waals surface area contributed by atoms with E-state index in [-0.39, 0.29) is 17.9 Å². The predicted molar refractivity (Wildman–Crippen MR) is 103 cm³/mol. The van der Waals surface area contributed by atoms with Crippen LogP contribution in [0.15, 0.2) is 48.8 Å². The zero-order chi connectivity index (χ0) is 18.6. The molecule has 3 heterocycles. The lowest BCUT2D eigenvalue weighted by Crippen LogP contribution is -2.41. The normalized spacial score (nSPS) is 19.4. The Labute approximate surface area is 158 Å². The molecule has 0 bridgehead atoms. The molecular formula is C21H24N4O2. The van der Waals surface area contributed by atoms with Crippen LogP contribution in [0.4, 0.5) is 0 Å². The van der Waals surface area contributed by atoms with Gasteiger partial charge in [-0.2, -0.15) is 5.10 Å². The van der Waals surface area contributed by atoms with E-state index in [2.05, 4.69) is 27.5 Å². The Balaban J connectivity index is 1.38. The van der Waals surface area contributed by atoms with Gasteiger partial charge in [-0.05, 0) is 37.1 Å². The van der Waals surface area contributed by atoms with Crippen LogP contribution in [0.3, 0.4) is 0 Å². The Morgan fingerprint density at radius 1 is 1.22 bits per heavy atom. The molecule has 6 heteroatoms. The first-order valence-corrected chi connectivity index (χ1v) is 9.39. The van der Waals surface area contributed by atoms with Crippen LogP contribution in [0.1, 0.15) is 17.7 Å². The predicted octanol–water partition coefficient (Wildman–Crippen LogP) is 2.50. The molecule has 1 fully saturated rings. The maximum absolute atomic E-state index is 12.4. The van der Waals surface area contributed by atoms with Crippen LogP contribution in [0.2, 0.25) is 0 Å². The lowest BCUT2D eigenvalue weighted by molar-refractivity contribution is -0.122. The highest BCUT2D eigenvalue weighted by atomic mass is 16.5. The summed E-state index contributed by atoms with van der Waals surface area (Å²) in [6.45, 7) is 3.82. The maximum Gasteiger partial charge on any atom is 0.222 e. The molecule has 2 atom stereocenters. The quantitative estimate of drug-likeness (QED) is 0.730. The maximum atomic E-state index is 12.4. The van der Waals surface area contributed by atoms with E-state index in [1.807, 2.05) is 42.1 Å². The molecule has 0 saturated carbocycles. The SMILES string of the molecule is Cc1ccnn1CCC(=O)N[C@@H]1COC[C@H]1Cc1ccnc2ccccc12. The molecule has 1 aliphatic heterocycles. The van der Waals surface area contributed by atoms with Crippen molar-refractivity contribution in [1.29, 1.82) is 0 Å². The summed E-state index contributed by atoms with van der Waals surface area (Å²) in [4.78, 5) is 16.8. The average molecular weight is 364 g/mol. The van der Waals surface area contributed by atoms with Crippen molar-refractivity contribution in [2.45, 2.75) is 32.4 Å². The van der Waals surface area contributed by atoms with Crippen molar-refractivity contribution in [3.05, 3.63) is 60.0 Å². The molecule has 0 spiro atoms. The Morgan fingerprint density at radius 2 is 2.11 bits per heavy atom. The largest absolute Gasteiger partial charge is 0.379 e.